The molecule has 0 bridgehead atoms. The molecule has 1 aromatic heterocycles. The quantitative estimate of drug-likeness (QED) is 0.842. The highest BCUT2D eigenvalue weighted by Crippen LogP contribution is 2.18. The van der Waals surface area contributed by atoms with Crippen LogP contribution in [-0.4, -0.2) is 17.9 Å². The molecule has 0 aliphatic rings. The summed E-state index contributed by atoms with van der Waals surface area (Å²) in [5, 5.41) is 9.20. The maximum Gasteiger partial charge on any atom is 0.244 e. The fourth-order valence-corrected chi connectivity index (χ4v) is 1.85. The van der Waals surface area contributed by atoms with Gasteiger partial charge in [-0.05, 0) is 17.7 Å². The van der Waals surface area contributed by atoms with Crippen molar-refractivity contribution in [3.8, 4) is 6.07 Å². The van der Waals surface area contributed by atoms with Gasteiger partial charge in [0.05, 0.1) is 18.9 Å². The third kappa shape index (κ3) is 3.02. The zero-order valence-corrected chi connectivity index (χ0v) is 10.6. The standard InChI is InChI=1S/C15H14N2O2/c1-17(11-13-8-5-9-19-13)15(18)14(10-16)12-6-3-2-4-7-12/h2-9,14H,11H2,1H3. The van der Waals surface area contributed by atoms with Crippen molar-refractivity contribution in [1.29, 1.82) is 5.26 Å². The number of hydrogen-bond donors (Lipinski definition) is 0. The minimum absolute atomic E-state index is 0.231. The van der Waals surface area contributed by atoms with Crippen molar-refractivity contribution < 1.29 is 9.21 Å². The first-order valence-electron chi connectivity index (χ1n) is 5.94. The van der Waals surface area contributed by atoms with Crippen molar-refractivity contribution in [3.63, 3.8) is 0 Å². The summed E-state index contributed by atoms with van der Waals surface area (Å²) >= 11 is 0. The van der Waals surface area contributed by atoms with Crippen molar-refractivity contribution in [2.45, 2.75) is 12.5 Å². The van der Waals surface area contributed by atoms with Gasteiger partial charge in [0.15, 0.2) is 0 Å². The Hall–Kier alpha value is -2.54. The van der Waals surface area contributed by atoms with Crippen molar-refractivity contribution in [3.05, 3.63) is 60.1 Å². The molecule has 1 heterocycles. The molecule has 0 aliphatic heterocycles. The minimum atomic E-state index is -0.777. The maximum absolute atomic E-state index is 12.3. The molecule has 19 heavy (non-hydrogen) atoms. The van der Waals surface area contributed by atoms with Gasteiger partial charge in [0.25, 0.3) is 0 Å². The van der Waals surface area contributed by atoms with Crippen LogP contribution in [-0.2, 0) is 11.3 Å². The van der Waals surface area contributed by atoms with E-state index in [9.17, 15) is 10.1 Å². The largest absolute Gasteiger partial charge is 0.467 e. The van der Waals surface area contributed by atoms with E-state index in [1.165, 1.54) is 4.90 Å². The molecule has 2 aromatic rings. The molecule has 1 atom stereocenters. The first-order valence-corrected chi connectivity index (χ1v) is 5.94. The minimum Gasteiger partial charge on any atom is -0.467 e. The predicted molar refractivity (Wildman–Crippen MR) is 70.0 cm³/mol. The zero-order valence-electron chi connectivity index (χ0n) is 10.6. The highest BCUT2D eigenvalue weighted by Gasteiger charge is 2.23. The van der Waals surface area contributed by atoms with Crippen LogP contribution in [0.2, 0.25) is 0 Å². The van der Waals surface area contributed by atoms with Crippen molar-refractivity contribution >= 4 is 5.91 Å². The van der Waals surface area contributed by atoms with Crippen LogP contribution in [0.15, 0.2) is 53.1 Å². The lowest BCUT2D eigenvalue weighted by Gasteiger charge is -2.19. The maximum atomic E-state index is 12.3. The highest BCUT2D eigenvalue weighted by molar-refractivity contribution is 5.86. The number of carbonyl (C=O) groups excluding carboxylic acids is 1. The van der Waals surface area contributed by atoms with Gasteiger partial charge in [-0.15, -0.1) is 0 Å². The van der Waals surface area contributed by atoms with Gasteiger partial charge in [-0.1, -0.05) is 30.3 Å². The molecule has 0 spiro atoms. The number of rotatable bonds is 4. The molecule has 0 aliphatic carbocycles. The number of amides is 1. The first kappa shape index (κ1) is 12.9. The van der Waals surface area contributed by atoms with E-state index in [1.54, 1.807) is 37.6 Å². The Labute approximate surface area is 111 Å². The fourth-order valence-electron chi connectivity index (χ4n) is 1.85. The number of likely N-dealkylation sites (N-methyl/N-ethyl adjacent to an activating group) is 1. The molecule has 0 radical (unpaired) electrons. The molecule has 1 aromatic carbocycles. The molecule has 96 valence electrons. The number of hydrogen-bond acceptors (Lipinski definition) is 3. The molecule has 0 saturated carbocycles. The van der Waals surface area contributed by atoms with Crippen LogP contribution in [0.3, 0.4) is 0 Å². The molecule has 4 nitrogen and oxygen atoms in total. The molecule has 0 fully saturated rings. The fraction of sp³-hybridized carbons (Fsp3) is 0.200. The van der Waals surface area contributed by atoms with Crippen molar-refractivity contribution in [1.82, 2.24) is 4.90 Å². The monoisotopic (exact) mass is 254 g/mol. The highest BCUT2D eigenvalue weighted by atomic mass is 16.3. The Bertz CT molecular complexity index is 570. The van der Waals surface area contributed by atoms with Gasteiger partial charge in [-0.3, -0.25) is 4.79 Å². The lowest BCUT2D eigenvalue weighted by atomic mass is 9.99. The van der Waals surface area contributed by atoms with Gasteiger partial charge in [-0.2, -0.15) is 5.26 Å². The van der Waals surface area contributed by atoms with Crippen LogP contribution in [0, 0.1) is 11.3 Å². The summed E-state index contributed by atoms with van der Waals surface area (Å²) in [5.41, 5.74) is 0.710. The lowest BCUT2D eigenvalue weighted by molar-refractivity contribution is -0.131. The summed E-state index contributed by atoms with van der Waals surface area (Å²) in [4.78, 5) is 13.8. The number of nitriles is 1. The molecule has 2 rings (SSSR count). The van der Waals surface area contributed by atoms with Gasteiger partial charge >= 0.3 is 0 Å². The molecule has 0 saturated heterocycles. The van der Waals surface area contributed by atoms with Gasteiger partial charge < -0.3 is 9.32 Å². The van der Waals surface area contributed by atoms with Gasteiger partial charge in [0.2, 0.25) is 5.91 Å². The van der Waals surface area contributed by atoms with Crippen LogP contribution in [0.4, 0.5) is 0 Å². The van der Waals surface area contributed by atoms with Crippen LogP contribution >= 0.6 is 0 Å². The number of furan rings is 1. The normalized spacial score (nSPS) is 11.6. The Kier molecular flexibility index (Phi) is 3.99. The Morgan fingerprint density at radius 3 is 2.63 bits per heavy atom. The Morgan fingerprint density at radius 1 is 1.32 bits per heavy atom. The average Bonchev–Trinajstić information content (AvgIpc) is 2.93. The smallest absolute Gasteiger partial charge is 0.244 e. The number of nitrogens with zero attached hydrogens (tertiary/aromatic N) is 2. The average molecular weight is 254 g/mol. The third-order valence-corrected chi connectivity index (χ3v) is 2.86. The second-order valence-corrected chi connectivity index (χ2v) is 4.25. The number of carbonyl (C=O) groups is 1. The SMILES string of the molecule is CN(Cc1ccco1)C(=O)C(C#N)c1ccccc1. The van der Waals surface area contributed by atoms with Crippen LogP contribution in [0.1, 0.15) is 17.2 Å². The molecule has 1 unspecified atom stereocenters. The second-order valence-electron chi connectivity index (χ2n) is 4.25. The second kappa shape index (κ2) is 5.87. The van der Waals surface area contributed by atoms with Gasteiger partial charge in [0, 0.05) is 7.05 Å². The summed E-state index contributed by atoms with van der Waals surface area (Å²) in [7, 11) is 1.66. The molecule has 0 N–H and O–H groups in total. The topological polar surface area (TPSA) is 57.2 Å². The van der Waals surface area contributed by atoms with E-state index >= 15 is 0 Å². The van der Waals surface area contributed by atoms with Gasteiger partial charge in [0.1, 0.15) is 11.7 Å². The van der Waals surface area contributed by atoms with E-state index in [0.29, 0.717) is 17.9 Å². The number of benzene rings is 1. The zero-order chi connectivity index (χ0) is 13.7. The van der Waals surface area contributed by atoms with E-state index in [4.69, 9.17) is 4.42 Å². The first-order chi connectivity index (χ1) is 9.22. The van der Waals surface area contributed by atoms with E-state index < -0.39 is 5.92 Å². The molecular formula is C15H14N2O2. The van der Waals surface area contributed by atoms with Gasteiger partial charge in [-0.25, -0.2) is 0 Å². The third-order valence-electron chi connectivity index (χ3n) is 2.86. The summed E-state index contributed by atoms with van der Waals surface area (Å²) in [6.45, 7) is 0.358. The van der Waals surface area contributed by atoms with Crippen molar-refractivity contribution in [2.24, 2.45) is 0 Å². The van der Waals surface area contributed by atoms with E-state index in [-0.39, 0.29) is 5.91 Å². The van der Waals surface area contributed by atoms with Crippen molar-refractivity contribution in [2.75, 3.05) is 7.05 Å². The predicted octanol–water partition coefficient (Wildman–Crippen LogP) is 2.55. The van der Waals surface area contributed by atoms with E-state index in [2.05, 4.69) is 6.07 Å². The van der Waals surface area contributed by atoms with Crippen LogP contribution < -0.4 is 0 Å². The summed E-state index contributed by atoms with van der Waals surface area (Å²) in [6, 6.07) is 14.7. The molecule has 1 amide bonds. The summed E-state index contributed by atoms with van der Waals surface area (Å²) in [5.74, 6) is -0.313. The summed E-state index contributed by atoms with van der Waals surface area (Å²) < 4.78 is 5.20. The summed E-state index contributed by atoms with van der Waals surface area (Å²) in [6.07, 6.45) is 1.56. The van der Waals surface area contributed by atoms with E-state index in [1.807, 2.05) is 18.2 Å². The van der Waals surface area contributed by atoms with Crippen LogP contribution in [0.5, 0.6) is 0 Å². The Balaban J connectivity index is 2.11. The van der Waals surface area contributed by atoms with E-state index in [0.717, 1.165) is 0 Å². The molecular weight excluding hydrogens is 240 g/mol. The molecule has 4 heteroatoms. The lowest BCUT2D eigenvalue weighted by Crippen LogP contribution is -2.30. The Morgan fingerprint density at radius 2 is 2.05 bits per heavy atom. The van der Waals surface area contributed by atoms with Crippen LogP contribution in [0.25, 0.3) is 0 Å².